The highest BCUT2D eigenvalue weighted by atomic mass is 16.4. The normalized spacial score (nSPS) is 21.9. The van der Waals surface area contributed by atoms with Crippen molar-refractivity contribution < 1.29 is 18.8 Å². The zero-order valence-corrected chi connectivity index (χ0v) is 28.6. The number of fused-ring (bicyclic) bond motifs is 1. The molecule has 1 N–H and O–H groups in total. The van der Waals surface area contributed by atoms with E-state index in [0.717, 1.165) is 85.1 Å². The largest absolute Gasteiger partial charge is 0.437 e. The maximum atomic E-state index is 14.0. The molecule has 13 heteroatoms. The summed E-state index contributed by atoms with van der Waals surface area (Å²) in [6, 6.07) is 13.9. The summed E-state index contributed by atoms with van der Waals surface area (Å²) < 4.78 is 6.36. The molecule has 6 heterocycles. The molecule has 8 rings (SSSR count). The van der Waals surface area contributed by atoms with Crippen molar-refractivity contribution in [1.29, 1.82) is 0 Å². The third-order valence-electron chi connectivity index (χ3n) is 11.3. The number of H-pyrrole nitrogens is 1. The van der Waals surface area contributed by atoms with Crippen LogP contribution in [0.15, 0.2) is 57.8 Å². The second-order valence-electron chi connectivity index (χ2n) is 14.3. The first-order valence-corrected chi connectivity index (χ1v) is 17.6. The molecule has 0 bridgehead atoms. The number of piperidine rings is 1. The van der Waals surface area contributed by atoms with Gasteiger partial charge in [0.2, 0.25) is 23.6 Å². The maximum Gasteiger partial charge on any atom is 0.437 e. The number of nitrogens with one attached hydrogen (secondary N) is 1. The van der Waals surface area contributed by atoms with Crippen LogP contribution in [-0.4, -0.2) is 105 Å². The minimum absolute atomic E-state index is 0.0901. The Hall–Kier alpha value is -5.04. The average Bonchev–Trinajstić information content (AvgIpc) is 3.91. The summed E-state index contributed by atoms with van der Waals surface area (Å²) in [7, 11) is 1.55. The Kier molecular flexibility index (Phi) is 8.17. The fourth-order valence-electron chi connectivity index (χ4n) is 8.26. The summed E-state index contributed by atoms with van der Waals surface area (Å²) in [6.07, 6.45) is 6.17. The summed E-state index contributed by atoms with van der Waals surface area (Å²) in [4.78, 5) is 58.7. The summed E-state index contributed by atoms with van der Waals surface area (Å²) in [5.41, 5.74) is 5.39. The fourth-order valence-corrected chi connectivity index (χ4v) is 8.26. The van der Waals surface area contributed by atoms with Gasteiger partial charge in [-0.25, -0.2) is 4.79 Å². The first-order chi connectivity index (χ1) is 24.2. The molecule has 0 aliphatic carbocycles. The Balaban J connectivity index is 0.874. The van der Waals surface area contributed by atoms with Crippen molar-refractivity contribution >= 4 is 39.9 Å². The summed E-state index contributed by atoms with van der Waals surface area (Å²) >= 11 is 0. The van der Waals surface area contributed by atoms with Gasteiger partial charge in [-0.2, -0.15) is 9.78 Å². The zero-order chi connectivity index (χ0) is 34.6. The molecule has 4 aliphatic heterocycles. The number of carbonyl (C=O) groups excluding carboxylic acids is 3. The number of aromatic nitrogens is 4. The second kappa shape index (κ2) is 12.7. The average molecular weight is 679 g/mol. The van der Waals surface area contributed by atoms with Crippen LogP contribution in [0.1, 0.15) is 56.2 Å². The predicted molar refractivity (Wildman–Crippen MR) is 187 cm³/mol. The van der Waals surface area contributed by atoms with Crippen molar-refractivity contribution in [2.45, 2.75) is 44.9 Å². The van der Waals surface area contributed by atoms with Crippen LogP contribution in [0.5, 0.6) is 0 Å². The number of aromatic amines is 1. The zero-order valence-electron chi connectivity index (χ0n) is 28.6. The number of benzene rings is 2. The van der Waals surface area contributed by atoms with Crippen LogP contribution in [0.3, 0.4) is 0 Å². The predicted octanol–water partition coefficient (Wildman–Crippen LogP) is 3.39. The van der Waals surface area contributed by atoms with E-state index in [1.165, 1.54) is 10.3 Å². The molecule has 2 aromatic heterocycles. The van der Waals surface area contributed by atoms with Crippen LogP contribution in [-0.2, 0) is 21.4 Å². The minimum atomic E-state index is -0.498. The molecule has 0 saturated carbocycles. The molecular formula is C37H42N8O5. The molecule has 13 nitrogen and oxygen atoms in total. The molecule has 50 heavy (non-hydrogen) atoms. The van der Waals surface area contributed by atoms with Crippen LogP contribution in [0, 0.1) is 5.41 Å². The number of rotatable bonds is 6. The van der Waals surface area contributed by atoms with Gasteiger partial charge in [-0.1, -0.05) is 18.2 Å². The molecule has 260 valence electrons. The van der Waals surface area contributed by atoms with Crippen molar-refractivity contribution in [2.24, 2.45) is 12.5 Å². The molecular weight excluding hydrogens is 636 g/mol. The fraction of sp³-hybridized carbons (Fsp3) is 0.459. The van der Waals surface area contributed by atoms with Gasteiger partial charge in [-0.15, -0.1) is 5.10 Å². The summed E-state index contributed by atoms with van der Waals surface area (Å²) in [6.45, 7) is 6.60. The van der Waals surface area contributed by atoms with E-state index in [1.807, 2.05) is 51.1 Å². The lowest BCUT2D eigenvalue weighted by Crippen LogP contribution is -2.43. The maximum absolute atomic E-state index is 14.0. The van der Waals surface area contributed by atoms with Crippen molar-refractivity contribution in [3.8, 4) is 11.5 Å². The van der Waals surface area contributed by atoms with E-state index in [9.17, 15) is 19.2 Å². The van der Waals surface area contributed by atoms with Gasteiger partial charge in [0.1, 0.15) is 0 Å². The number of hydrogen-bond donors (Lipinski definition) is 1. The molecule has 0 radical (unpaired) electrons. The number of nitrogens with zero attached hydrogens (tertiary/aromatic N) is 7. The highest BCUT2D eigenvalue weighted by molar-refractivity contribution is 6.02. The van der Waals surface area contributed by atoms with Gasteiger partial charge in [0.25, 0.3) is 0 Å². The number of hydrogen-bond acceptors (Lipinski definition) is 8. The van der Waals surface area contributed by atoms with E-state index >= 15 is 0 Å². The van der Waals surface area contributed by atoms with E-state index in [2.05, 4.69) is 32.3 Å². The Morgan fingerprint density at radius 3 is 2.42 bits per heavy atom. The molecule has 4 aromatic rings. The van der Waals surface area contributed by atoms with E-state index in [0.29, 0.717) is 44.5 Å². The van der Waals surface area contributed by atoms with Crippen LogP contribution in [0.4, 0.5) is 5.69 Å². The van der Waals surface area contributed by atoms with E-state index in [4.69, 9.17) is 4.42 Å². The van der Waals surface area contributed by atoms with E-state index < -0.39 is 11.2 Å². The molecule has 1 spiro atoms. The van der Waals surface area contributed by atoms with Gasteiger partial charge in [0, 0.05) is 81.5 Å². The number of amides is 3. The third kappa shape index (κ3) is 5.82. The number of aryl methyl sites for hydroxylation is 1. The molecule has 3 fully saturated rings. The smallest absolute Gasteiger partial charge is 0.388 e. The van der Waals surface area contributed by atoms with E-state index in [1.54, 1.807) is 14.0 Å². The van der Waals surface area contributed by atoms with Crippen molar-refractivity contribution in [1.82, 2.24) is 34.7 Å². The van der Waals surface area contributed by atoms with Gasteiger partial charge < -0.3 is 19.1 Å². The quantitative estimate of drug-likeness (QED) is 0.328. The number of anilines is 1. The molecule has 3 amide bonds. The first-order valence-electron chi connectivity index (χ1n) is 17.6. The van der Waals surface area contributed by atoms with Crippen LogP contribution in [0.2, 0.25) is 0 Å². The SMILES string of the molecule is CC(=O)N1CCC(c2[nH]nc3ccc(N4CCC5(CCN(CC(=O)N6CC=C(c7ccc(-c8nn(C)c(=O)o8)cc7)CC6)C5)C4=O)cc23)CC1. The Morgan fingerprint density at radius 1 is 0.960 bits per heavy atom. The van der Waals surface area contributed by atoms with Crippen molar-refractivity contribution in [3.05, 3.63) is 70.3 Å². The van der Waals surface area contributed by atoms with Crippen molar-refractivity contribution in [3.63, 3.8) is 0 Å². The van der Waals surface area contributed by atoms with Crippen molar-refractivity contribution in [2.75, 3.05) is 57.3 Å². The van der Waals surface area contributed by atoms with Gasteiger partial charge in [-0.05, 0) is 80.1 Å². The van der Waals surface area contributed by atoms with Crippen LogP contribution in [0.25, 0.3) is 27.9 Å². The Morgan fingerprint density at radius 2 is 1.72 bits per heavy atom. The van der Waals surface area contributed by atoms with Gasteiger partial charge in [0.15, 0.2) is 0 Å². The lowest BCUT2D eigenvalue weighted by atomic mass is 9.85. The molecule has 2 aromatic carbocycles. The second-order valence-corrected chi connectivity index (χ2v) is 14.3. The Labute approximate surface area is 289 Å². The highest BCUT2D eigenvalue weighted by Crippen LogP contribution is 2.43. The van der Waals surface area contributed by atoms with Gasteiger partial charge in [0.05, 0.1) is 17.5 Å². The molecule has 3 saturated heterocycles. The first kappa shape index (κ1) is 32.2. The molecule has 4 aliphatic rings. The molecule has 1 unspecified atom stereocenters. The summed E-state index contributed by atoms with van der Waals surface area (Å²) in [5.74, 6) is 0.446. The number of likely N-dealkylation sites (tertiary alicyclic amines) is 2. The highest BCUT2D eigenvalue weighted by Gasteiger charge is 2.51. The minimum Gasteiger partial charge on any atom is -0.388 e. The lowest BCUT2D eigenvalue weighted by Gasteiger charge is -2.31. The van der Waals surface area contributed by atoms with Gasteiger partial charge in [-0.3, -0.25) is 24.4 Å². The van der Waals surface area contributed by atoms with Crippen LogP contribution < -0.4 is 10.7 Å². The van der Waals surface area contributed by atoms with E-state index in [-0.39, 0.29) is 17.7 Å². The third-order valence-corrected chi connectivity index (χ3v) is 11.3. The number of carbonyl (C=O) groups is 3. The van der Waals surface area contributed by atoms with Gasteiger partial charge >= 0.3 is 5.76 Å². The molecule has 1 atom stereocenters. The standard InChI is InChI=1S/C37H42N8O5/c1-24(46)43-15-11-27(12-16-43)33-30-21-29(7-8-31(30)38-39-33)45-20-14-37(35(45)48)13-19-42(23-37)22-32(47)44-17-9-26(10-18-44)25-3-5-28(6-4-25)34-40-41(2)36(49)50-34/h3-9,21,27H,10-20,22-23H2,1-2H3,(H,38,39). The summed E-state index contributed by atoms with van der Waals surface area (Å²) in [5, 5.41) is 13.0. The lowest BCUT2D eigenvalue weighted by molar-refractivity contribution is -0.132. The van der Waals surface area contributed by atoms with Crippen LogP contribution >= 0.6 is 0 Å². The topological polar surface area (TPSA) is 141 Å². The monoisotopic (exact) mass is 678 g/mol. The Bertz CT molecular complexity index is 2050.